The van der Waals surface area contributed by atoms with Gasteiger partial charge >= 0.3 is 0 Å². The van der Waals surface area contributed by atoms with E-state index < -0.39 is 21.7 Å². The first-order valence-corrected chi connectivity index (χ1v) is 11.1. The van der Waals surface area contributed by atoms with E-state index in [0.717, 1.165) is 36.7 Å². The molecule has 1 N–H and O–H groups in total. The smallest absolute Gasteiger partial charge is 0.239 e. The van der Waals surface area contributed by atoms with Gasteiger partial charge in [-0.2, -0.15) is 0 Å². The Morgan fingerprint density at radius 1 is 1.26 bits per heavy atom. The number of carbonyl (C=O) groups excluding carboxylic acids is 1. The fourth-order valence-electron chi connectivity index (χ4n) is 3.55. The van der Waals surface area contributed by atoms with Crippen LogP contribution in [0.3, 0.4) is 0 Å². The Morgan fingerprint density at radius 2 is 1.93 bits per heavy atom. The second kappa shape index (κ2) is 8.02. The minimum absolute atomic E-state index is 0.0582. The van der Waals surface area contributed by atoms with Crippen LogP contribution in [-0.2, 0) is 14.8 Å². The summed E-state index contributed by atoms with van der Waals surface area (Å²) in [5, 5.41) is 0.959. The van der Waals surface area contributed by atoms with Crippen molar-refractivity contribution in [3.8, 4) is 0 Å². The minimum atomic E-state index is -3.66. The molecular weight excluding hydrogens is 364 g/mol. The van der Waals surface area contributed by atoms with Gasteiger partial charge in [-0.05, 0) is 50.7 Å². The molecule has 6 nitrogen and oxygen atoms in total. The minimum Gasteiger partial charge on any atom is -0.459 e. The van der Waals surface area contributed by atoms with Crippen LogP contribution in [0.25, 0.3) is 11.0 Å². The van der Waals surface area contributed by atoms with Gasteiger partial charge < -0.3 is 9.32 Å². The van der Waals surface area contributed by atoms with E-state index in [1.165, 1.54) is 4.90 Å². The third kappa shape index (κ3) is 4.90. The Labute approximate surface area is 161 Å². The third-order valence-corrected chi connectivity index (χ3v) is 6.83. The third-order valence-electron chi connectivity index (χ3n) is 5.51. The molecule has 0 radical (unpaired) electrons. The molecule has 27 heavy (non-hydrogen) atoms. The number of amides is 1. The molecular formula is C20H28N2O4S. The van der Waals surface area contributed by atoms with Gasteiger partial charge in [0.15, 0.2) is 0 Å². The number of nitrogens with one attached hydrogen (secondary N) is 1. The number of furan rings is 1. The van der Waals surface area contributed by atoms with E-state index in [9.17, 15) is 13.2 Å². The first kappa shape index (κ1) is 19.9. The SMILES string of the molecule is CC1CCC(NS(=O)(=O)CC(=O)N(C)C(C)c2cc3ccccc3o2)CC1. The van der Waals surface area contributed by atoms with E-state index in [1.54, 1.807) is 7.05 Å². The largest absolute Gasteiger partial charge is 0.459 e. The van der Waals surface area contributed by atoms with Crippen molar-refractivity contribution >= 4 is 26.9 Å². The molecule has 148 valence electrons. The van der Waals surface area contributed by atoms with Gasteiger partial charge in [-0.3, -0.25) is 4.79 Å². The van der Waals surface area contributed by atoms with Crippen LogP contribution in [-0.4, -0.2) is 38.1 Å². The van der Waals surface area contributed by atoms with Crippen molar-refractivity contribution in [3.05, 3.63) is 36.1 Å². The summed E-state index contributed by atoms with van der Waals surface area (Å²) < 4.78 is 33.3. The number of carbonyl (C=O) groups is 1. The van der Waals surface area contributed by atoms with Gasteiger partial charge in [-0.25, -0.2) is 13.1 Å². The van der Waals surface area contributed by atoms with Crippen molar-refractivity contribution in [2.45, 2.75) is 51.6 Å². The maximum Gasteiger partial charge on any atom is 0.239 e. The summed E-state index contributed by atoms with van der Waals surface area (Å²) in [7, 11) is -2.05. The van der Waals surface area contributed by atoms with Crippen LogP contribution in [0.1, 0.15) is 51.3 Å². The maximum absolute atomic E-state index is 12.5. The number of sulfonamides is 1. The standard InChI is InChI=1S/C20H28N2O4S/c1-14-8-10-17(11-9-14)21-27(24,25)13-20(23)22(3)15(2)19-12-16-6-4-5-7-18(16)26-19/h4-7,12,14-15,17,21H,8-11,13H2,1-3H3. The second-order valence-corrected chi connectivity index (χ2v) is 9.45. The number of rotatable bonds is 6. The van der Waals surface area contributed by atoms with Gasteiger partial charge in [-0.15, -0.1) is 0 Å². The number of benzene rings is 1. The summed E-state index contributed by atoms with van der Waals surface area (Å²) in [5.74, 6) is 0.293. The average Bonchev–Trinajstić information content (AvgIpc) is 3.06. The summed E-state index contributed by atoms with van der Waals surface area (Å²) in [6.07, 6.45) is 3.70. The number of fused-ring (bicyclic) bond motifs is 1. The molecule has 1 heterocycles. The lowest BCUT2D eigenvalue weighted by Crippen LogP contribution is -2.43. The van der Waals surface area contributed by atoms with Gasteiger partial charge in [0.2, 0.25) is 15.9 Å². The van der Waals surface area contributed by atoms with Crippen LogP contribution in [0.2, 0.25) is 0 Å². The van der Waals surface area contributed by atoms with Crippen molar-refractivity contribution in [1.29, 1.82) is 0 Å². The first-order valence-electron chi connectivity index (χ1n) is 9.49. The van der Waals surface area contributed by atoms with Crippen LogP contribution in [0.5, 0.6) is 0 Å². The zero-order chi connectivity index (χ0) is 19.6. The summed E-state index contributed by atoms with van der Waals surface area (Å²) in [5.41, 5.74) is 0.751. The predicted octanol–water partition coefficient (Wildman–Crippen LogP) is 3.45. The molecule has 1 unspecified atom stereocenters. The Kier molecular flexibility index (Phi) is 5.91. The fourth-order valence-corrected chi connectivity index (χ4v) is 4.91. The zero-order valence-corrected chi connectivity index (χ0v) is 17.0. The first-order chi connectivity index (χ1) is 12.7. The fraction of sp³-hybridized carbons (Fsp3) is 0.550. The molecule has 0 bridgehead atoms. The van der Waals surface area contributed by atoms with E-state index in [4.69, 9.17) is 4.42 Å². The molecule has 1 atom stereocenters. The molecule has 3 rings (SSSR count). The molecule has 0 saturated heterocycles. The maximum atomic E-state index is 12.5. The van der Waals surface area contributed by atoms with Gasteiger partial charge in [0.05, 0.1) is 6.04 Å². The Balaban J connectivity index is 1.62. The molecule has 0 spiro atoms. The topological polar surface area (TPSA) is 79.6 Å². The number of nitrogens with zero attached hydrogens (tertiary/aromatic N) is 1. The van der Waals surface area contributed by atoms with Gasteiger partial charge in [0.25, 0.3) is 0 Å². The Hall–Kier alpha value is -1.86. The van der Waals surface area contributed by atoms with Crippen molar-refractivity contribution in [2.24, 2.45) is 5.92 Å². The average molecular weight is 393 g/mol. The van der Waals surface area contributed by atoms with Gasteiger partial charge in [-0.1, -0.05) is 25.1 Å². The van der Waals surface area contributed by atoms with Crippen LogP contribution < -0.4 is 4.72 Å². The predicted molar refractivity (Wildman–Crippen MR) is 106 cm³/mol. The van der Waals surface area contributed by atoms with Gasteiger partial charge in [0.1, 0.15) is 17.1 Å². The molecule has 1 amide bonds. The molecule has 1 aromatic heterocycles. The normalized spacial score (nSPS) is 21.9. The summed E-state index contributed by atoms with van der Waals surface area (Å²) in [6, 6.07) is 9.10. The highest BCUT2D eigenvalue weighted by molar-refractivity contribution is 7.90. The van der Waals surface area contributed by atoms with Crippen LogP contribution in [0.4, 0.5) is 0 Å². The highest BCUT2D eigenvalue weighted by Gasteiger charge is 2.28. The monoisotopic (exact) mass is 392 g/mol. The van der Waals surface area contributed by atoms with Crippen LogP contribution in [0.15, 0.2) is 34.7 Å². The quantitative estimate of drug-likeness (QED) is 0.816. The number of hydrogen-bond donors (Lipinski definition) is 1. The van der Waals surface area contributed by atoms with E-state index >= 15 is 0 Å². The van der Waals surface area contributed by atoms with Crippen LogP contribution >= 0.6 is 0 Å². The summed E-state index contributed by atoms with van der Waals surface area (Å²) >= 11 is 0. The molecule has 2 aromatic rings. The highest BCUT2D eigenvalue weighted by atomic mass is 32.2. The molecule has 0 aliphatic heterocycles. The van der Waals surface area contributed by atoms with Crippen molar-refractivity contribution in [1.82, 2.24) is 9.62 Å². The molecule has 1 saturated carbocycles. The molecule has 1 fully saturated rings. The van der Waals surface area contributed by atoms with Crippen molar-refractivity contribution in [2.75, 3.05) is 12.8 Å². The zero-order valence-electron chi connectivity index (χ0n) is 16.1. The second-order valence-electron chi connectivity index (χ2n) is 7.70. The highest BCUT2D eigenvalue weighted by Crippen LogP contribution is 2.27. The van der Waals surface area contributed by atoms with E-state index in [-0.39, 0.29) is 12.1 Å². The molecule has 1 aromatic carbocycles. The van der Waals surface area contributed by atoms with E-state index in [0.29, 0.717) is 11.7 Å². The number of para-hydroxylation sites is 1. The molecule has 7 heteroatoms. The van der Waals surface area contributed by atoms with E-state index in [2.05, 4.69) is 11.6 Å². The molecule has 1 aliphatic carbocycles. The summed E-state index contributed by atoms with van der Waals surface area (Å²) in [6.45, 7) is 4.01. The van der Waals surface area contributed by atoms with Gasteiger partial charge in [0, 0.05) is 18.5 Å². The molecule has 1 aliphatic rings. The lowest BCUT2D eigenvalue weighted by atomic mass is 9.88. The van der Waals surface area contributed by atoms with Crippen molar-refractivity contribution in [3.63, 3.8) is 0 Å². The number of hydrogen-bond acceptors (Lipinski definition) is 4. The van der Waals surface area contributed by atoms with Crippen LogP contribution in [0, 0.1) is 5.92 Å². The van der Waals surface area contributed by atoms with Crippen molar-refractivity contribution < 1.29 is 17.6 Å². The summed E-state index contributed by atoms with van der Waals surface area (Å²) in [4.78, 5) is 14.0. The lowest BCUT2D eigenvalue weighted by Gasteiger charge is -2.27. The Morgan fingerprint density at radius 3 is 2.59 bits per heavy atom. The Bertz CT molecular complexity index is 865. The van der Waals surface area contributed by atoms with E-state index in [1.807, 2.05) is 37.3 Å². The lowest BCUT2D eigenvalue weighted by molar-refractivity contribution is -0.129.